The van der Waals surface area contributed by atoms with Crippen molar-refractivity contribution in [1.29, 1.82) is 0 Å². The number of hydrogen-bond donors (Lipinski definition) is 3. The first kappa shape index (κ1) is 22.1. The van der Waals surface area contributed by atoms with E-state index in [1.54, 1.807) is 13.3 Å². The van der Waals surface area contributed by atoms with E-state index in [9.17, 15) is 9.59 Å². The number of rotatable bonds is 6. The molecule has 1 atom stereocenters. The number of aryl methyl sites for hydroxylation is 1. The lowest BCUT2D eigenvalue weighted by molar-refractivity contribution is -0.119. The number of benzene rings is 2. The zero-order valence-corrected chi connectivity index (χ0v) is 19.3. The van der Waals surface area contributed by atoms with Crippen molar-refractivity contribution < 1.29 is 9.59 Å². The maximum atomic E-state index is 12.8. The number of carbonyl (C=O) groups excluding carboxylic acids is 2. The standard InChI is InChI=1S/C26H32N4O2/c1-17(31)28-15-18-5-7-21-19(13-18)9-10-25(2,3)26(21,4)11-12-27-24(32)20-6-8-22-23(14-20)30-16-29-22/h5-8,13-14,16H,9-12,15H2,1-4H3,(H,27,32)(H,28,31)(H,29,30). The second-order valence-corrected chi connectivity index (χ2v) is 9.76. The van der Waals surface area contributed by atoms with Gasteiger partial charge in [-0.05, 0) is 65.0 Å². The van der Waals surface area contributed by atoms with Crippen LogP contribution in [-0.4, -0.2) is 28.3 Å². The Balaban J connectivity index is 1.49. The summed E-state index contributed by atoms with van der Waals surface area (Å²) in [5.74, 6) is -0.0827. The largest absolute Gasteiger partial charge is 0.352 e. The zero-order chi connectivity index (χ0) is 22.9. The second kappa shape index (κ2) is 8.41. The highest BCUT2D eigenvalue weighted by molar-refractivity contribution is 5.97. The smallest absolute Gasteiger partial charge is 0.251 e. The predicted octanol–water partition coefficient (Wildman–Crippen LogP) is 4.25. The van der Waals surface area contributed by atoms with Crippen molar-refractivity contribution in [3.8, 4) is 0 Å². The van der Waals surface area contributed by atoms with Gasteiger partial charge in [-0.2, -0.15) is 0 Å². The topological polar surface area (TPSA) is 86.9 Å². The Morgan fingerprint density at radius 1 is 1.09 bits per heavy atom. The molecule has 0 fully saturated rings. The molecule has 0 saturated heterocycles. The van der Waals surface area contributed by atoms with Gasteiger partial charge in [0.2, 0.25) is 5.91 Å². The number of amides is 2. The summed E-state index contributed by atoms with van der Waals surface area (Å²) in [7, 11) is 0. The van der Waals surface area contributed by atoms with Crippen molar-refractivity contribution in [3.05, 3.63) is 65.0 Å². The summed E-state index contributed by atoms with van der Waals surface area (Å²) in [5.41, 5.74) is 6.24. The van der Waals surface area contributed by atoms with Gasteiger partial charge in [-0.25, -0.2) is 4.98 Å². The van der Waals surface area contributed by atoms with Gasteiger partial charge in [-0.1, -0.05) is 39.0 Å². The Morgan fingerprint density at radius 2 is 1.91 bits per heavy atom. The molecule has 0 radical (unpaired) electrons. The summed E-state index contributed by atoms with van der Waals surface area (Å²) < 4.78 is 0. The molecule has 0 bridgehead atoms. The number of carbonyl (C=O) groups is 2. The van der Waals surface area contributed by atoms with Gasteiger partial charge in [0.25, 0.3) is 5.91 Å². The van der Waals surface area contributed by atoms with Crippen molar-refractivity contribution in [2.24, 2.45) is 5.41 Å². The molecule has 1 aliphatic rings. The number of aromatic nitrogens is 2. The summed E-state index contributed by atoms with van der Waals surface area (Å²) >= 11 is 0. The molecule has 2 amide bonds. The Hall–Kier alpha value is -3.15. The fourth-order valence-corrected chi connectivity index (χ4v) is 4.89. The van der Waals surface area contributed by atoms with Crippen LogP contribution in [0.5, 0.6) is 0 Å². The molecule has 168 valence electrons. The summed E-state index contributed by atoms with van der Waals surface area (Å²) in [6, 6.07) is 12.1. The van der Waals surface area contributed by atoms with Crippen molar-refractivity contribution in [1.82, 2.24) is 20.6 Å². The summed E-state index contributed by atoms with van der Waals surface area (Å²) in [5, 5.41) is 6.01. The second-order valence-electron chi connectivity index (χ2n) is 9.76. The maximum absolute atomic E-state index is 12.8. The molecule has 6 nitrogen and oxygen atoms in total. The van der Waals surface area contributed by atoms with Crippen LogP contribution in [0.15, 0.2) is 42.7 Å². The number of fused-ring (bicyclic) bond motifs is 2. The molecule has 3 aromatic rings. The molecule has 1 aliphatic carbocycles. The molecule has 1 heterocycles. The van der Waals surface area contributed by atoms with Crippen molar-refractivity contribution in [2.75, 3.05) is 6.54 Å². The third kappa shape index (κ3) is 4.14. The van der Waals surface area contributed by atoms with Gasteiger partial charge in [0, 0.05) is 25.6 Å². The van der Waals surface area contributed by atoms with E-state index in [1.165, 1.54) is 11.1 Å². The number of imidazole rings is 1. The minimum absolute atomic E-state index is 0.0175. The number of H-pyrrole nitrogens is 1. The third-order valence-corrected chi connectivity index (χ3v) is 7.41. The normalized spacial score (nSPS) is 19.4. The first-order chi connectivity index (χ1) is 15.2. The Morgan fingerprint density at radius 3 is 2.69 bits per heavy atom. The summed E-state index contributed by atoms with van der Waals surface area (Å²) in [4.78, 5) is 31.3. The molecular weight excluding hydrogens is 400 g/mol. The first-order valence-electron chi connectivity index (χ1n) is 11.3. The van der Waals surface area contributed by atoms with Gasteiger partial charge in [-0.3, -0.25) is 9.59 Å². The fourth-order valence-electron chi connectivity index (χ4n) is 4.89. The van der Waals surface area contributed by atoms with E-state index in [1.807, 2.05) is 18.2 Å². The van der Waals surface area contributed by atoms with Crippen LogP contribution in [0.2, 0.25) is 0 Å². The van der Waals surface area contributed by atoms with E-state index in [4.69, 9.17) is 0 Å². The maximum Gasteiger partial charge on any atom is 0.251 e. The molecule has 2 aromatic carbocycles. The SMILES string of the molecule is CC(=O)NCc1ccc2c(c1)CCC(C)(C)C2(C)CCNC(=O)c1ccc2nc[nH]c2c1. The van der Waals surface area contributed by atoms with E-state index in [2.05, 4.69) is 59.6 Å². The highest BCUT2D eigenvalue weighted by Gasteiger charge is 2.45. The number of hydrogen-bond acceptors (Lipinski definition) is 3. The quantitative estimate of drug-likeness (QED) is 0.544. The van der Waals surface area contributed by atoms with Gasteiger partial charge in [0.1, 0.15) is 0 Å². The first-order valence-corrected chi connectivity index (χ1v) is 11.3. The molecule has 0 saturated carbocycles. The van der Waals surface area contributed by atoms with Crippen LogP contribution in [0.25, 0.3) is 11.0 Å². The highest BCUT2D eigenvalue weighted by atomic mass is 16.2. The molecule has 0 aliphatic heterocycles. The van der Waals surface area contributed by atoms with Gasteiger partial charge < -0.3 is 15.6 Å². The molecule has 0 spiro atoms. The molecular formula is C26H32N4O2. The predicted molar refractivity (Wildman–Crippen MR) is 126 cm³/mol. The third-order valence-electron chi connectivity index (χ3n) is 7.41. The van der Waals surface area contributed by atoms with Crippen LogP contribution in [-0.2, 0) is 23.2 Å². The lowest BCUT2D eigenvalue weighted by atomic mass is 9.55. The van der Waals surface area contributed by atoms with Gasteiger partial charge in [0.05, 0.1) is 17.4 Å². The summed E-state index contributed by atoms with van der Waals surface area (Å²) in [6.07, 6.45) is 4.61. The van der Waals surface area contributed by atoms with Crippen LogP contribution in [0, 0.1) is 5.41 Å². The minimum atomic E-state index is -0.0652. The van der Waals surface area contributed by atoms with Crippen LogP contribution in [0.4, 0.5) is 0 Å². The van der Waals surface area contributed by atoms with Crippen molar-refractivity contribution >= 4 is 22.8 Å². The van der Waals surface area contributed by atoms with Crippen LogP contribution in [0.1, 0.15) is 67.6 Å². The summed E-state index contributed by atoms with van der Waals surface area (Å²) in [6.45, 7) is 9.68. The molecule has 4 rings (SSSR count). The molecule has 32 heavy (non-hydrogen) atoms. The highest BCUT2D eigenvalue weighted by Crippen LogP contribution is 2.51. The van der Waals surface area contributed by atoms with Crippen molar-refractivity contribution in [2.45, 2.75) is 58.9 Å². The fraction of sp³-hybridized carbons (Fsp3) is 0.423. The molecule has 1 unspecified atom stereocenters. The molecule has 1 aromatic heterocycles. The zero-order valence-electron chi connectivity index (χ0n) is 19.3. The van der Waals surface area contributed by atoms with E-state index in [0.29, 0.717) is 18.7 Å². The average Bonchev–Trinajstić information content (AvgIpc) is 3.23. The Labute approximate surface area is 189 Å². The number of aromatic amines is 1. The molecule has 6 heteroatoms. The van der Waals surface area contributed by atoms with Crippen molar-refractivity contribution in [3.63, 3.8) is 0 Å². The van der Waals surface area contributed by atoms with Gasteiger partial charge in [0.15, 0.2) is 0 Å². The van der Waals surface area contributed by atoms with E-state index >= 15 is 0 Å². The number of nitrogens with one attached hydrogen (secondary N) is 3. The van der Waals surface area contributed by atoms with Crippen LogP contribution < -0.4 is 10.6 Å². The Kier molecular flexibility index (Phi) is 5.80. The van der Waals surface area contributed by atoms with Crippen LogP contribution in [0.3, 0.4) is 0 Å². The van der Waals surface area contributed by atoms with Gasteiger partial charge >= 0.3 is 0 Å². The number of nitrogens with zero attached hydrogens (tertiary/aromatic N) is 1. The minimum Gasteiger partial charge on any atom is -0.352 e. The van der Waals surface area contributed by atoms with E-state index < -0.39 is 0 Å². The molecule has 3 N–H and O–H groups in total. The van der Waals surface area contributed by atoms with E-state index in [0.717, 1.165) is 35.9 Å². The lowest BCUT2D eigenvalue weighted by Crippen LogP contribution is -2.45. The monoisotopic (exact) mass is 432 g/mol. The van der Waals surface area contributed by atoms with Gasteiger partial charge in [-0.15, -0.1) is 0 Å². The lowest BCUT2D eigenvalue weighted by Gasteiger charge is -2.50. The Bertz CT molecular complexity index is 1160. The van der Waals surface area contributed by atoms with Crippen LogP contribution >= 0.6 is 0 Å². The average molecular weight is 433 g/mol. The van der Waals surface area contributed by atoms with E-state index in [-0.39, 0.29) is 22.6 Å².